The van der Waals surface area contributed by atoms with Crippen molar-refractivity contribution in [3.8, 4) is 5.75 Å². The molecule has 1 aliphatic rings. The van der Waals surface area contributed by atoms with E-state index in [-0.39, 0.29) is 24.0 Å². The Morgan fingerprint density at radius 2 is 1.95 bits per heavy atom. The molecule has 1 fully saturated rings. The van der Waals surface area contributed by atoms with E-state index in [1.165, 1.54) is 18.4 Å². The summed E-state index contributed by atoms with van der Waals surface area (Å²) in [6, 6.07) is 8.33. The van der Waals surface area contributed by atoms with Crippen LogP contribution in [0.15, 0.2) is 29.3 Å². The second-order valence-electron chi connectivity index (χ2n) is 5.79. The fourth-order valence-corrected chi connectivity index (χ4v) is 2.29. The van der Waals surface area contributed by atoms with Crippen molar-refractivity contribution in [2.75, 3.05) is 27.2 Å². The average molecular weight is 417 g/mol. The van der Waals surface area contributed by atoms with E-state index < -0.39 is 0 Å². The van der Waals surface area contributed by atoms with E-state index in [4.69, 9.17) is 4.74 Å². The second-order valence-corrected chi connectivity index (χ2v) is 5.79. The normalized spacial score (nSPS) is 15.7. The molecule has 0 aliphatic heterocycles. The van der Waals surface area contributed by atoms with E-state index in [0.717, 1.165) is 37.1 Å². The minimum atomic E-state index is 0. The maximum absolute atomic E-state index is 5.19. The van der Waals surface area contributed by atoms with Crippen molar-refractivity contribution in [2.24, 2.45) is 10.9 Å². The van der Waals surface area contributed by atoms with Crippen LogP contribution in [0, 0.1) is 5.92 Å². The molecule has 124 valence electrons. The van der Waals surface area contributed by atoms with Gasteiger partial charge in [-0.15, -0.1) is 24.0 Å². The number of guanidine groups is 1. The van der Waals surface area contributed by atoms with Crippen LogP contribution in [0.3, 0.4) is 0 Å². The van der Waals surface area contributed by atoms with Gasteiger partial charge in [-0.25, -0.2) is 0 Å². The molecular weight excluding hydrogens is 389 g/mol. The third-order valence-electron chi connectivity index (χ3n) is 4.03. The van der Waals surface area contributed by atoms with Gasteiger partial charge in [0.2, 0.25) is 0 Å². The fraction of sp³-hybridized carbons (Fsp3) is 0.588. The lowest BCUT2D eigenvalue weighted by Crippen LogP contribution is -2.39. The van der Waals surface area contributed by atoms with Crippen molar-refractivity contribution in [1.29, 1.82) is 0 Å². The minimum Gasteiger partial charge on any atom is -0.497 e. The smallest absolute Gasteiger partial charge is 0.190 e. The Labute approximate surface area is 151 Å². The zero-order valence-corrected chi connectivity index (χ0v) is 16.1. The van der Waals surface area contributed by atoms with Gasteiger partial charge in [0.05, 0.1) is 7.11 Å². The number of methoxy groups -OCH3 is 1. The topological polar surface area (TPSA) is 45.7 Å². The lowest BCUT2D eigenvalue weighted by molar-refractivity contribution is 0.414. The van der Waals surface area contributed by atoms with Gasteiger partial charge in [-0.05, 0) is 48.8 Å². The summed E-state index contributed by atoms with van der Waals surface area (Å²) in [6.45, 7) is 4.23. The van der Waals surface area contributed by atoms with Crippen LogP contribution < -0.4 is 15.4 Å². The predicted octanol–water partition coefficient (Wildman–Crippen LogP) is 3.38. The quantitative estimate of drug-likeness (QED) is 0.406. The highest BCUT2D eigenvalue weighted by molar-refractivity contribution is 14.0. The molecule has 0 amide bonds. The molecule has 0 heterocycles. The number of nitrogens with one attached hydrogen (secondary N) is 2. The molecule has 1 aromatic rings. The van der Waals surface area contributed by atoms with Crippen molar-refractivity contribution >= 4 is 29.9 Å². The van der Waals surface area contributed by atoms with E-state index >= 15 is 0 Å². The molecule has 1 saturated carbocycles. The Morgan fingerprint density at radius 1 is 1.27 bits per heavy atom. The van der Waals surface area contributed by atoms with E-state index in [2.05, 4.69) is 34.7 Å². The van der Waals surface area contributed by atoms with E-state index in [1.54, 1.807) is 7.11 Å². The molecule has 5 heteroatoms. The van der Waals surface area contributed by atoms with Crippen LogP contribution in [-0.4, -0.2) is 33.2 Å². The largest absolute Gasteiger partial charge is 0.497 e. The first-order valence-electron chi connectivity index (χ1n) is 7.81. The molecule has 0 radical (unpaired) electrons. The third kappa shape index (κ3) is 6.42. The van der Waals surface area contributed by atoms with Crippen molar-refractivity contribution in [2.45, 2.75) is 32.1 Å². The van der Waals surface area contributed by atoms with Gasteiger partial charge >= 0.3 is 0 Å². The van der Waals surface area contributed by atoms with Gasteiger partial charge in [-0.1, -0.05) is 19.1 Å². The Hall–Kier alpha value is -0.980. The van der Waals surface area contributed by atoms with Gasteiger partial charge in [-0.3, -0.25) is 4.99 Å². The molecule has 0 saturated heterocycles. The summed E-state index contributed by atoms with van der Waals surface area (Å²) in [4.78, 5) is 4.26. The molecule has 0 spiro atoms. The standard InChI is InChI=1S/C17H27N3O.HI/c1-13(15-6-8-16(21-3)9-7-15)10-11-19-17(18-2)20-12-14-4-5-14;/h6-9,13-14H,4-5,10-12H2,1-3H3,(H2,18,19,20);1H. The van der Waals surface area contributed by atoms with Crippen molar-refractivity contribution in [3.63, 3.8) is 0 Å². The Bertz CT molecular complexity index is 457. The number of hydrogen-bond donors (Lipinski definition) is 2. The van der Waals surface area contributed by atoms with Crippen LogP contribution >= 0.6 is 24.0 Å². The van der Waals surface area contributed by atoms with Gasteiger partial charge in [-0.2, -0.15) is 0 Å². The maximum atomic E-state index is 5.19. The lowest BCUT2D eigenvalue weighted by Gasteiger charge is -2.15. The first-order valence-corrected chi connectivity index (χ1v) is 7.81. The first kappa shape index (κ1) is 19.1. The van der Waals surface area contributed by atoms with Crippen LogP contribution in [0.2, 0.25) is 0 Å². The molecule has 1 aliphatic carbocycles. The molecule has 2 N–H and O–H groups in total. The zero-order chi connectivity index (χ0) is 15.1. The highest BCUT2D eigenvalue weighted by Gasteiger charge is 2.21. The monoisotopic (exact) mass is 417 g/mol. The molecule has 4 nitrogen and oxygen atoms in total. The number of aliphatic imine (C=N–C) groups is 1. The molecule has 1 aromatic carbocycles. The number of halogens is 1. The summed E-state index contributed by atoms with van der Waals surface area (Å²) in [6.07, 6.45) is 3.80. The molecule has 0 bridgehead atoms. The highest BCUT2D eigenvalue weighted by Crippen LogP contribution is 2.27. The molecular formula is C17H28IN3O. The maximum Gasteiger partial charge on any atom is 0.190 e. The lowest BCUT2D eigenvalue weighted by atomic mass is 9.98. The molecule has 22 heavy (non-hydrogen) atoms. The van der Waals surface area contributed by atoms with Gasteiger partial charge in [0.1, 0.15) is 5.75 Å². The minimum absolute atomic E-state index is 0. The number of nitrogens with zero attached hydrogens (tertiary/aromatic N) is 1. The number of rotatable bonds is 7. The van der Waals surface area contributed by atoms with Crippen LogP contribution in [0.1, 0.15) is 37.7 Å². The SMILES string of the molecule is CN=C(NCCC(C)c1ccc(OC)cc1)NCC1CC1.I. The zero-order valence-electron chi connectivity index (χ0n) is 13.8. The van der Waals surface area contributed by atoms with Crippen LogP contribution in [0.25, 0.3) is 0 Å². The van der Waals surface area contributed by atoms with Gasteiger partial charge < -0.3 is 15.4 Å². The van der Waals surface area contributed by atoms with E-state index in [1.807, 2.05) is 19.2 Å². The Balaban J connectivity index is 0.00000242. The molecule has 0 aromatic heterocycles. The Kier molecular flexibility index (Phi) is 8.60. The van der Waals surface area contributed by atoms with Crippen LogP contribution in [0.4, 0.5) is 0 Å². The summed E-state index contributed by atoms with van der Waals surface area (Å²) in [5, 5.41) is 6.77. The number of hydrogen-bond acceptors (Lipinski definition) is 2. The van der Waals surface area contributed by atoms with E-state index in [9.17, 15) is 0 Å². The summed E-state index contributed by atoms with van der Waals surface area (Å²) < 4.78 is 5.19. The second kappa shape index (κ2) is 9.92. The summed E-state index contributed by atoms with van der Waals surface area (Å²) in [5.41, 5.74) is 1.35. The van der Waals surface area contributed by atoms with Crippen molar-refractivity contribution < 1.29 is 4.74 Å². The fourth-order valence-electron chi connectivity index (χ4n) is 2.29. The van der Waals surface area contributed by atoms with Crippen LogP contribution in [-0.2, 0) is 0 Å². The Morgan fingerprint density at radius 3 is 2.50 bits per heavy atom. The highest BCUT2D eigenvalue weighted by atomic mass is 127. The van der Waals surface area contributed by atoms with E-state index in [0.29, 0.717) is 5.92 Å². The van der Waals surface area contributed by atoms with Gasteiger partial charge in [0.15, 0.2) is 5.96 Å². The summed E-state index contributed by atoms with van der Waals surface area (Å²) >= 11 is 0. The first-order chi connectivity index (χ1) is 10.2. The number of ether oxygens (including phenoxy) is 1. The third-order valence-corrected chi connectivity index (χ3v) is 4.03. The summed E-state index contributed by atoms with van der Waals surface area (Å²) in [7, 11) is 3.53. The molecule has 2 rings (SSSR count). The van der Waals surface area contributed by atoms with Gasteiger partial charge in [0, 0.05) is 20.1 Å². The molecule has 1 atom stereocenters. The van der Waals surface area contributed by atoms with Gasteiger partial charge in [0.25, 0.3) is 0 Å². The summed E-state index contributed by atoms with van der Waals surface area (Å²) in [5.74, 6) is 3.21. The predicted molar refractivity (Wildman–Crippen MR) is 104 cm³/mol. The van der Waals surface area contributed by atoms with Crippen LogP contribution in [0.5, 0.6) is 5.75 Å². The number of benzene rings is 1. The molecule has 1 unspecified atom stereocenters. The van der Waals surface area contributed by atoms with Crippen molar-refractivity contribution in [3.05, 3.63) is 29.8 Å². The van der Waals surface area contributed by atoms with Crippen molar-refractivity contribution in [1.82, 2.24) is 10.6 Å². The average Bonchev–Trinajstić information content (AvgIpc) is 3.34.